The Balaban J connectivity index is 2.30. The van der Waals surface area contributed by atoms with Crippen molar-refractivity contribution < 1.29 is 12.8 Å². The molecule has 1 aliphatic carbocycles. The van der Waals surface area contributed by atoms with Gasteiger partial charge in [0.2, 0.25) is 10.0 Å². The van der Waals surface area contributed by atoms with Crippen LogP contribution in [0.1, 0.15) is 26.7 Å². The van der Waals surface area contributed by atoms with Gasteiger partial charge in [0, 0.05) is 10.0 Å². The second kappa shape index (κ2) is 4.58. The monoisotopic (exact) mass is 335 g/mol. The molecule has 0 bridgehead atoms. The van der Waals surface area contributed by atoms with Gasteiger partial charge in [-0.15, -0.1) is 0 Å². The smallest absolute Gasteiger partial charge is 0.207 e. The second-order valence-electron chi connectivity index (χ2n) is 5.18. The van der Waals surface area contributed by atoms with Crippen LogP contribution in [0.15, 0.2) is 27.6 Å². The summed E-state index contributed by atoms with van der Waals surface area (Å²) in [4.78, 5) is 0.0672. The van der Waals surface area contributed by atoms with Gasteiger partial charge >= 0.3 is 0 Å². The fourth-order valence-electron chi connectivity index (χ4n) is 1.98. The Labute approximate surface area is 115 Å². The minimum atomic E-state index is -3.63. The van der Waals surface area contributed by atoms with Crippen molar-refractivity contribution in [2.45, 2.75) is 37.1 Å². The maximum atomic E-state index is 13.0. The average molecular weight is 336 g/mol. The molecule has 2 rings (SSSR count). The summed E-state index contributed by atoms with van der Waals surface area (Å²) in [6.45, 7) is 3.75. The van der Waals surface area contributed by atoms with Crippen molar-refractivity contribution in [3.8, 4) is 0 Å². The van der Waals surface area contributed by atoms with Gasteiger partial charge in [-0.1, -0.05) is 0 Å². The highest BCUT2D eigenvalue weighted by Crippen LogP contribution is 2.40. The molecule has 1 aliphatic rings. The number of benzene rings is 1. The highest BCUT2D eigenvalue weighted by Gasteiger charge is 2.40. The average Bonchev–Trinajstić information content (AvgIpc) is 2.97. The van der Waals surface area contributed by atoms with Crippen molar-refractivity contribution >= 4 is 26.0 Å². The van der Waals surface area contributed by atoms with Gasteiger partial charge in [0.05, 0.1) is 4.90 Å². The van der Waals surface area contributed by atoms with Crippen LogP contribution in [0.25, 0.3) is 0 Å². The first-order valence-corrected chi connectivity index (χ1v) is 7.99. The van der Waals surface area contributed by atoms with Crippen molar-refractivity contribution in [2.75, 3.05) is 0 Å². The van der Waals surface area contributed by atoms with E-state index in [-0.39, 0.29) is 9.37 Å². The summed E-state index contributed by atoms with van der Waals surface area (Å²) in [6.07, 6.45) is 2.08. The van der Waals surface area contributed by atoms with Crippen LogP contribution in [0.3, 0.4) is 0 Å². The molecule has 100 valence electrons. The molecule has 3 nitrogen and oxygen atoms in total. The van der Waals surface area contributed by atoms with Crippen LogP contribution in [0, 0.1) is 11.7 Å². The van der Waals surface area contributed by atoms with Gasteiger partial charge in [-0.05, 0) is 66.7 Å². The van der Waals surface area contributed by atoms with E-state index in [0.29, 0.717) is 5.92 Å². The minimum absolute atomic E-state index is 0.0672. The Hall–Kier alpha value is -0.460. The molecule has 6 heteroatoms. The summed E-state index contributed by atoms with van der Waals surface area (Å²) in [5.74, 6) is -0.0891. The fourth-order valence-corrected chi connectivity index (χ4v) is 4.51. The molecular formula is C12H15BrFNO2S. The van der Waals surface area contributed by atoms with Crippen LogP contribution in [-0.2, 0) is 10.0 Å². The number of nitrogens with one attached hydrogen (secondary N) is 1. The molecule has 1 aromatic carbocycles. The maximum Gasteiger partial charge on any atom is 0.242 e. The predicted octanol–water partition coefficient (Wildman–Crippen LogP) is 3.06. The van der Waals surface area contributed by atoms with Gasteiger partial charge in [-0.25, -0.2) is 17.5 Å². The molecule has 0 radical (unpaired) electrons. The number of hydrogen-bond donors (Lipinski definition) is 1. The van der Waals surface area contributed by atoms with Gasteiger partial charge in [-0.2, -0.15) is 0 Å². The Kier molecular flexibility index (Phi) is 3.55. The summed E-state index contributed by atoms with van der Waals surface area (Å²) in [5.41, 5.74) is -0.466. The van der Waals surface area contributed by atoms with Crippen LogP contribution >= 0.6 is 15.9 Å². The van der Waals surface area contributed by atoms with Crippen molar-refractivity contribution in [3.63, 3.8) is 0 Å². The topological polar surface area (TPSA) is 46.2 Å². The molecule has 0 heterocycles. The maximum absolute atomic E-state index is 13.0. The summed E-state index contributed by atoms with van der Waals surface area (Å²) in [5, 5.41) is 0. The molecule has 0 aliphatic heterocycles. The lowest BCUT2D eigenvalue weighted by atomic mass is 10.0. The standard InChI is InChI=1S/C12H15BrFNO2S/c1-12(2,8-3-4-8)15-18(16,17)11-6-5-9(14)7-10(11)13/h5-8,15H,3-4H2,1-2H3. The lowest BCUT2D eigenvalue weighted by molar-refractivity contribution is 0.400. The quantitative estimate of drug-likeness (QED) is 0.919. The van der Waals surface area contributed by atoms with Crippen molar-refractivity contribution in [1.29, 1.82) is 0 Å². The van der Waals surface area contributed by atoms with E-state index in [0.717, 1.165) is 25.0 Å². The van der Waals surface area contributed by atoms with Gasteiger partial charge in [0.15, 0.2) is 0 Å². The lowest BCUT2D eigenvalue weighted by Gasteiger charge is -2.26. The largest absolute Gasteiger partial charge is 0.242 e. The predicted molar refractivity (Wildman–Crippen MR) is 71.2 cm³/mol. The van der Waals surface area contributed by atoms with Crippen LogP contribution in [0.4, 0.5) is 4.39 Å². The fraction of sp³-hybridized carbons (Fsp3) is 0.500. The molecule has 0 atom stereocenters. The molecular weight excluding hydrogens is 321 g/mol. The highest BCUT2D eigenvalue weighted by atomic mass is 79.9. The third-order valence-electron chi connectivity index (χ3n) is 3.18. The SMILES string of the molecule is CC(C)(NS(=O)(=O)c1ccc(F)cc1Br)C1CC1. The van der Waals surface area contributed by atoms with Crippen LogP contribution in [0.5, 0.6) is 0 Å². The zero-order valence-corrected chi connectivity index (χ0v) is 12.6. The third-order valence-corrected chi connectivity index (χ3v) is 5.83. The summed E-state index contributed by atoms with van der Waals surface area (Å²) in [6, 6.07) is 3.56. The number of halogens is 2. The van der Waals surface area contributed by atoms with Crippen LogP contribution in [-0.4, -0.2) is 14.0 Å². The van der Waals surface area contributed by atoms with Gasteiger partial charge < -0.3 is 0 Å². The Morgan fingerprint density at radius 3 is 2.50 bits per heavy atom. The van der Waals surface area contributed by atoms with Crippen molar-refractivity contribution in [1.82, 2.24) is 4.72 Å². The number of hydrogen-bond acceptors (Lipinski definition) is 2. The van der Waals surface area contributed by atoms with Gasteiger partial charge in [-0.3, -0.25) is 0 Å². The first-order chi connectivity index (χ1) is 8.22. The number of sulfonamides is 1. The Morgan fingerprint density at radius 1 is 1.39 bits per heavy atom. The molecule has 1 N–H and O–H groups in total. The van der Waals surface area contributed by atoms with E-state index in [1.165, 1.54) is 6.07 Å². The third kappa shape index (κ3) is 2.92. The molecule has 0 amide bonds. The molecule has 0 saturated heterocycles. The van der Waals surface area contributed by atoms with E-state index in [1.54, 1.807) is 0 Å². The zero-order chi connectivity index (χ0) is 13.6. The van der Waals surface area contributed by atoms with E-state index in [4.69, 9.17) is 0 Å². The van der Waals surface area contributed by atoms with Crippen molar-refractivity contribution in [2.24, 2.45) is 5.92 Å². The van der Waals surface area contributed by atoms with E-state index in [2.05, 4.69) is 20.7 Å². The second-order valence-corrected chi connectivity index (χ2v) is 7.68. The molecule has 1 fully saturated rings. The molecule has 0 aromatic heterocycles. The van der Waals surface area contributed by atoms with E-state index >= 15 is 0 Å². The van der Waals surface area contributed by atoms with Gasteiger partial charge in [0.1, 0.15) is 5.82 Å². The van der Waals surface area contributed by atoms with Crippen LogP contribution < -0.4 is 4.72 Å². The molecule has 0 spiro atoms. The molecule has 1 aromatic rings. The van der Waals surface area contributed by atoms with E-state index < -0.39 is 21.4 Å². The summed E-state index contributed by atoms with van der Waals surface area (Å²) >= 11 is 3.08. The van der Waals surface area contributed by atoms with Crippen molar-refractivity contribution in [3.05, 3.63) is 28.5 Å². The van der Waals surface area contributed by atoms with E-state index in [9.17, 15) is 12.8 Å². The molecule has 1 saturated carbocycles. The molecule has 18 heavy (non-hydrogen) atoms. The summed E-state index contributed by atoms with van der Waals surface area (Å²) in [7, 11) is -3.63. The van der Waals surface area contributed by atoms with E-state index in [1.807, 2.05) is 13.8 Å². The highest BCUT2D eigenvalue weighted by molar-refractivity contribution is 9.10. The first kappa shape index (κ1) is 14.0. The lowest BCUT2D eigenvalue weighted by Crippen LogP contribution is -2.45. The Bertz CT molecular complexity index is 567. The summed E-state index contributed by atoms with van der Waals surface area (Å²) < 4.78 is 40.4. The first-order valence-electron chi connectivity index (χ1n) is 5.71. The minimum Gasteiger partial charge on any atom is -0.207 e. The Morgan fingerprint density at radius 2 is 2.00 bits per heavy atom. The normalized spacial score (nSPS) is 16.9. The van der Waals surface area contributed by atoms with Crippen LogP contribution in [0.2, 0.25) is 0 Å². The van der Waals surface area contributed by atoms with Gasteiger partial charge in [0.25, 0.3) is 0 Å². The molecule has 0 unspecified atom stereocenters. The zero-order valence-electron chi connectivity index (χ0n) is 10.2. The number of rotatable bonds is 4.